The second-order valence-electron chi connectivity index (χ2n) is 6.99. The first-order valence-corrected chi connectivity index (χ1v) is 9.80. The standard InChI is InChI=1S/C23H26N2O4/c1-3-4-5-6-21(26)24-19-12-11-16-13-14-25(20(16)15-19)22(27)17-7-9-18(10-8-17)23(28)29-2/h7-15,22,27H,3-6H2,1-2H3,(H,24,26). The lowest BCUT2D eigenvalue weighted by Crippen LogP contribution is -2.12. The van der Waals surface area contributed by atoms with Crippen LogP contribution in [0.2, 0.25) is 0 Å². The molecule has 6 nitrogen and oxygen atoms in total. The van der Waals surface area contributed by atoms with Crippen LogP contribution in [0.5, 0.6) is 0 Å². The largest absolute Gasteiger partial charge is 0.465 e. The summed E-state index contributed by atoms with van der Waals surface area (Å²) in [6.45, 7) is 2.11. The van der Waals surface area contributed by atoms with E-state index in [0.29, 0.717) is 23.2 Å². The second kappa shape index (κ2) is 9.39. The van der Waals surface area contributed by atoms with Gasteiger partial charge in [0.15, 0.2) is 6.23 Å². The Hall–Kier alpha value is -3.12. The number of hydrogen-bond acceptors (Lipinski definition) is 4. The molecule has 29 heavy (non-hydrogen) atoms. The average Bonchev–Trinajstić information content (AvgIpc) is 3.16. The fourth-order valence-corrected chi connectivity index (χ4v) is 3.27. The van der Waals surface area contributed by atoms with Crippen LogP contribution in [0.25, 0.3) is 10.9 Å². The lowest BCUT2D eigenvalue weighted by Gasteiger charge is -2.15. The van der Waals surface area contributed by atoms with Crippen molar-refractivity contribution in [2.75, 3.05) is 12.4 Å². The van der Waals surface area contributed by atoms with Crippen molar-refractivity contribution in [3.05, 3.63) is 65.9 Å². The van der Waals surface area contributed by atoms with Gasteiger partial charge in [0, 0.05) is 23.9 Å². The molecule has 2 N–H and O–H groups in total. The Balaban J connectivity index is 1.80. The van der Waals surface area contributed by atoms with Crippen molar-refractivity contribution < 1.29 is 19.4 Å². The maximum atomic E-state index is 12.1. The van der Waals surface area contributed by atoms with Crippen LogP contribution in [0.1, 0.15) is 54.8 Å². The highest BCUT2D eigenvalue weighted by atomic mass is 16.5. The number of aromatic nitrogens is 1. The molecule has 0 saturated carbocycles. The van der Waals surface area contributed by atoms with E-state index < -0.39 is 12.2 Å². The summed E-state index contributed by atoms with van der Waals surface area (Å²) >= 11 is 0. The summed E-state index contributed by atoms with van der Waals surface area (Å²) in [4.78, 5) is 23.7. The van der Waals surface area contributed by atoms with E-state index in [1.165, 1.54) is 7.11 Å². The van der Waals surface area contributed by atoms with E-state index in [2.05, 4.69) is 12.2 Å². The molecule has 0 saturated heterocycles. The van der Waals surface area contributed by atoms with E-state index in [1.54, 1.807) is 35.0 Å². The van der Waals surface area contributed by atoms with E-state index in [4.69, 9.17) is 4.74 Å². The molecule has 0 radical (unpaired) electrons. The Morgan fingerprint density at radius 2 is 1.86 bits per heavy atom. The van der Waals surface area contributed by atoms with Crippen LogP contribution in [0, 0.1) is 0 Å². The number of ether oxygens (including phenoxy) is 1. The highest BCUT2D eigenvalue weighted by molar-refractivity contribution is 5.94. The minimum Gasteiger partial charge on any atom is -0.465 e. The van der Waals surface area contributed by atoms with Crippen molar-refractivity contribution in [2.24, 2.45) is 0 Å². The molecule has 0 spiro atoms. The Morgan fingerprint density at radius 3 is 2.55 bits per heavy atom. The van der Waals surface area contributed by atoms with Gasteiger partial charge in [0.2, 0.25) is 5.91 Å². The zero-order valence-corrected chi connectivity index (χ0v) is 16.7. The van der Waals surface area contributed by atoms with Crippen molar-refractivity contribution >= 4 is 28.5 Å². The number of anilines is 1. The number of unbranched alkanes of at least 4 members (excludes halogenated alkanes) is 2. The number of rotatable bonds is 8. The molecule has 0 aliphatic heterocycles. The number of methoxy groups -OCH3 is 1. The van der Waals surface area contributed by atoms with Crippen molar-refractivity contribution in [2.45, 2.75) is 38.8 Å². The van der Waals surface area contributed by atoms with Gasteiger partial charge in [-0.1, -0.05) is 38.0 Å². The highest BCUT2D eigenvalue weighted by Crippen LogP contribution is 2.26. The fraction of sp³-hybridized carbons (Fsp3) is 0.304. The number of hydrogen-bond donors (Lipinski definition) is 2. The molecule has 1 heterocycles. The zero-order valence-electron chi connectivity index (χ0n) is 16.7. The van der Waals surface area contributed by atoms with Gasteiger partial charge < -0.3 is 19.7 Å². The Kier molecular flexibility index (Phi) is 6.67. The maximum absolute atomic E-state index is 12.1. The third-order valence-corrected chi connectivity index (χ3v) is 4.91. The first kappa shape index (κ1) is 20.6. The predicted molar refractivity (Wildman–Crippen MR) is 113 cm³/mol. The maximum Gasteiger partial charge on any atom is 0.337 e. The Bertz CT molecular complexity index is 992. The number of carbonyl (C=O) groups excluding carboxylic acids is 2. The summed E-state index contributed by atoms with van der Waals surface area (Å²) in [6, 6.07) is 14.2. The first-order valence-electron chi connectivity index (χ1n) is 9.80. The molecule has 0 aliphatic rings. The van der Waals surface area contributed by atoms with Crippen LogP contribution < -0.4 is 5.32 Å². The quantitative estimate of drug-likeness (QED) is 0.436. The molecule has 1 amide bonds. The molecule has 0 aliphatic carbocycles. The normalized spacial score (nSPS) is 12.0. The minimum atomic E-state index is -0.922. The van der Waals surface area contributed by atoms with Crippen molar-refractivity contribution in [3.63, 3.8) is 0 Å². The first-order chi connectivity index (χ1) is 14.0. The van der Waals surface area contributed by atoms with E-state index in [9.17, 15) is 14.7 Å². The molecule has 0 bridgehead atoms. The van der Waals surface area contributed by atoms with E-state index in [-0.39, 0.29) is 5.91 Å². The third-order valence-electron chi connectivity index (χ3n) is 4.91. The molecular weight excluding hydrogens is 368 g/mol. The van der Waals surface area contributed by atoms with Crippen LogP contribution in [0.15, 0.2) is 54.7 Å². The highest BCUT2D eigenvalue weighted by Gasteiger charge is 2.14. The number of aliphatic hydroxyl groups excluding tert-OH is 1. The number of aliphatic hydroxyl groups is 1. The topological polar surface area (TPSA) is 80.6 Å². The molecule has 2 aromatic carbocycles. The SMILES string of the molecule is CCCCCC(=O)Nc1ccc2ccn(C(O)c3ccc(C(=O)OC)cc3)c2c1. The van der Waals surface area contributed by atoms with Gasteiger partial charge in [-0.25, -0.2) is 4.79 Å². The average molecular weight is 394 g/mol. The lowest BCUT2D eigenvalue weighted by molar-refractivity contribution is -0.116. The summed E-state index contributed by atoms with van der Waals surface area (Å²) in [5.41, 5.74) is 2.58. The van der Waals surface area contributed by atoms with E-state index in [0.717, 1.165) is 30.2 Å². The number of carbonyl (C=O) groups is 2. The van der Waals surface area contributed by atoms with Gasteiger partial charge >= 0.3 is 5.97 Å². The number of nitrogens with zero attached hydrogens (tertiary/aromatic N) is 1. The van der Waals surface area contributed by atoms with Gasteiger partial charge in [-0.15, -0.1) is 0 Å². The minimum absolute atomic E-state index is 0.00477. The van der Waals surface area contributed by atoms with Gasteiger partial charge in [0.1, 0.15) is 0 Å². The lowest BCUT2D eigenvalue weighted by atomic mass is 10.1. The molecular formula is C23H26N2O4. The van der Waals surface area contributed by atoms with Crippen LogP contribution in [0.3, 0.4) is 0 Å². The summed E-state index contributed by atoms with van der Waals surface area (Å²) in [5.74, 6) is -0.424. The molecule has 3 aromatic rings. The van der Waals surface area contributed by atoms with Gasteiger partial charge in [0.05, 0.1) is 18.2 Å². The van der Waals surface area contributed by atoms with Crippen molar-refractivity contribution in [1.82, 2.24) is 4.57 Å². The number of benzene rings is 2. The zero-order chi connectivity index (χ0) is 20.8. The number of amides is 1. The summed E-state index contributed by atoms with van der Waals surface area (Å²) < 4.78 is 6.43. The Labute approximate surface area is 170 Å². The van der Waals surface area contributed by atoms with Gasteiger partial charge in [-0.05, 0) is 42.1 Å². The predicted octanol–water partition coefficient (Wildman–Crippen LogP) is 4.49. The fourth-order valence-electron chi connectivity index (χ4n) is 3.27. The molecule has 1 atom stereocenters. The van der Waals surface area contributed by atoms with Crippen molar-refractivity contribution in [1.29, 1.82) is 0 Å². The monoisotopic (exact) mass is 394 g/mol. The number of nitrogens with one attached hydrogen (secondary N) is 1. The van der Waals surface area contributed by atoms with Crippen LogP contribution in [0.4, 0.5) is 5.69 Å². The Morgan fingerprint density at radius 1 is 1.10 bits per heavy atom. The summed E-state index contributed by atoms with van der Waals surface area (Å²) in [6.07, 6.45) is 4.37. The van der Waals surface area contributed by atoms with Gasteiger partial charge in [-0.2, -0.15) is 0 Å². The molecule has 0 fully saturated rings. The van der Waals surface area contributed by atoms with Gasteiger partial charge in [-0.3, -0.25) is 4.79 Å². The van der Waals surface area contributed by atoms with Crippen molar-refractivity contribution in [3.8, 4) is 0 Å². The summed E-state index contributed by atoms with van der Waals surface area (Å²) in [7, 11) is 1.33. The molecule has 152 valence electrons. The molecule has 3 rings (SSSR count). The smallest absolute Gasteiger partial charge is 0.337 e. The van der Waals surface area contributed by atoms with E-state index >= 15 is 0 Å². The van der Waals surface area contributed by atoms with Crippen LogP contribution in [-0.4, -0.2) is 28.7 Å². The third kappa shape index (κ3) is 4.84. The molecule has 1 aromatic heterocycles. The number of fused-ring (bicyclic) bond motifs is 1. The van der Waals surface area contributed by atoms with E-state index in [1.807, 2.05) is 24.3 Å². The summed E-state index contributed by atoms with van der Waals surface area (Å²) in [5, 5.41) is 14.7. The second-order valence-corrected chi connectivity index (χ2v) is 6.99. The van der Waals surface area contributed by atoms with Gasteiger partial charge in [0.25, 0.3) is 0 Å². The number of esters is 1. The molecule has 1 unspecified atom stereocenters. The molecule has 6 heteroatoms. The van der Waals surface area contributed by atoms with Crippen LogP contribution >= 0.6 is 0 Å². The van der Waals surface area contributed by atoms with Crippen LogP contribution in [-0.2, 0) is 9.53 Å².